The van der Waals surface area contributed by atoms with E-state index in [-0.39, 0.29) is 17.9 Å². The Morgan fingerprint density at radius 1 is 0.880 bits per heavy atom. The molecule has 0 radical (unpaired) electrons. The Labute approximate surface area is 153 Å². The van der Waals surface area contributed by atoms with Crippen LogP contribution in [0.4, 0.5) is 0 Å². The summed E-state index contributed by atoms with van der Waals surface area (Å²) in [7, 11) is 3.77. The molecule has 0 aliphatic heterocycles. The Bertz CT molecular complexity index is 346. The van der Waals surface area contributed by atoms with E-state index in [4.69, 9.17) is 5.11 Å². The second-order valence-electron chi connectivity index (χ2n) is 7.49. The third-order valence-corrected chi connectivity index (χ3v) is 4.33. The molecular formula is C19H40N2O4. The number of aliphatic carboxylic acids is 1. The standard InChI is InChI=1S/C19H38N2O3.H2O/c1-4-5-6-7-8-9-10-11-12-15-20-18(22)14-13-16-21(2,3)17-19(23)24;/h4-17H2,1-3H3,(H-,20,22,23,24);1H2. The molecule has 0 atom stereocenters. The Kier molecular flexibility index (Phi) is 17.0. The largest absolute Gasteiger partial charge is 0.870 e. The number of carboxylic acids is 1. The predicted octanol–water partition coefficient (Wildman–Crippen LogP) is 3.40. The van der Waals surface area contributed by atoms with E-state index in [1.807, 2.05) is 14.1 Å². The molecule has 0 heterocycles. The number of carbonyl (C=O) groups excluding carboxylic acids is 1. The Morgan fingerprint density at radius 3 is 1.92 bits per heavy atom. The van der Waals surface area contributed by atoms with E-state index in [9.17, 15) is 9.59 Å². The molecule has 0 aromatic rings. The van der Waals surface area contributed by atoms with Gasteiger partial charge in [-0.15, -0.1) is 0 Å². The van der Waals surface area contributed by atoms with Crippen LogP contribution in [0, 0.1) is 0 Å². The van der Waals surface area contributed by atoms with Crippen molar-refractivity contribution < 1.29 is 24.7 Å². The van der Waals surface area contributed by atoms with Crippen LogP contribution in [0.5, 0.6) is 0 Å². The minimum Gasteiger partial charge on any atom is -0.870 e. The van der Waals surface area contributed by atoms with Gasteiger partial charge in [-0.3, -0.25) is 4.79 Å². The average Bonchev–Trinajstić information content (AvgIpc) is 2.47. The maximum absolute atomic E-state index is 11.8. The molecule has 0 spiro atoms. The van der Waals surface area contributed by atoms with Crippen molar-refractivity contribution in [3.63, 3.8) is 0 Å². The molecule has 0 unspecified atom stereocenters. The molecule has 0 fully saturated rings. The summed E-state index contributed by atoms with van der Waals surface area (Å²) in [5.41, 5.74) is 0. The average molecular weight is 361 g/mol. The molecule has 0 aromatic carbocycles. The van der Waals surface area contributed by atoms with Crippen molar-refractivity contribution in [3.8, 4) is 0 Å². The van der Waals surface area contributed by atoms with Crippen molar-refractivity contribution >= 4 is 11.9 Å². The molecule has 0 aromatic heterocycles. The van der Waals surface area contributed by atoms with Gasteiger partial charge >= 0.3 is 5.97 Å². The quantitative estimate of drug-likeness (QED) is 0.326. The number of hydrogen-bond donors (Lipinski definition) is 2. The topological polar surface area (TPSA) is 96.4 Å². The van der Waals surface area contributed by atoms with Crippen LogP contribution < -0.4 is 5.32 Å². The normalized spacial score (nSPS) is 11.0. The molecular weight excluding hydrogens is 320 g/mol. The molecule has 1 amide bonds. The van der Waals surface area contributed by atoms with E-state index >= 15 is 0 Å². The van der Waals surface area contributed by atoms with Gasteiger partial charge in [-0.2, -0.15) is 0 Å². The number of carboxylic acid groups (broad SMARTS) is 1. The van der Waals surface area contributed by atoms with Crippen LogP contribution in [-0.4, -0.2) is 60.7 Å². The summed E-state index contributed by atoms with van der Waals surface area (Å²) >= 11 is 0. The van der Waals surface area contributed by atoms with Gasteiger partial charge in [-0.05, 0) is 6.42 Å². The van der Waals surface area contributed by atoms with Gasteiger partial charge in [0, 0.05) is 19.4 Å². The first kappa shape index (κ1) is 26.1. The molecule has 25 heavy (non-hydrogen) atoms. The Hall–Kier alpha value is -1.14. The SMILES string of the molecule is CCCCCCCCCCCNC(=O)CCC[N+](C)(C)CC(=O)O.[OH-]. The van der Waals surface area contributed by atoms with E-state index in [0.29, 0.717) is 17.4 Å². The van der Waals surface area contributed by atoms with E-state index < -0.39 is 5.97 Å². The lowest BCUT2D eigenvalue weighted by molar-refractivity contribution is -0.883. The van der Waals surface area contributed by atoms with Crippen LogP contribution in [0.15, 0.2) is 0 Å². The zero-order valence-corrected chi connectivity index (χ0v) is 16.6. The maximum atomic E-state index is 11.8. The number of quaternary nitrogens is 1. The van der Waals surface area contributed by atoms with Crippen LogP contribution >= 0.6 is 0 Å². The molecule has 0 saturated carbocycles. The lowest BCUT2D eigenvalue weighted by Crippen LogP contribution is -2.44. The van der Waals surface area contributed by atoms with Crippen LogP contribution in [0.3, 0.4) is 0 Å². The minimum atomic E-state index is -0.796. The number of hydrogen-bond acceptors (Lipinski definition) is 3. The minimum absolute atomic E-state index is 0. The second kappa shape index (κ2) is 16.3. The highest BCUT2D eigenvalue weighted by Gasteiger charge is 2.19. The highest BCUT2D eigenvalue weighted by Crippen LogP contribution is 2.09. The van der Waals surface area contributed by atoms with Gasteiger partial charge in [0.05, 0.1) is 20.6 Å². The summed E-state index contributed by atoms with van der Waals surface area (Å²) in [6, 6.07) is 0. The van der Waals surface area contributed by atoms with Crippen LogP contribution in [0.2, 0.25) is 0 Å². The van der Waals surface area contributed by atoms with Gasteiger partial charge in [0.25, 0.3) is 0 Å². The molecule has 6 heteroatoms. The lowest BCUT2D eigenvalue weighted by atomic mass is 10.1. The molecule has 0 rings (SSSR count). The van der Waals surface area contributed by atoms with Crippen molar-refractivity contribution in [2.45, 2.75) is 77.6 Å². The van der Waals surface area contributed by atoms with Crippen LogP contribution in [0.25, 0.3) is 0 Å². The lowest BCUT2D eigenvalue weighted by Gasteiger charge is -2.27. The van der Waals surface area contributed by atoms with Crippen molar-refractivity contribution in [2.24, 2.45) is 0 Å². The fourth-order valence-corrected chi connectivity index (χ4v) is 2.86. The van der Waals surface area contributed by atoms with Crippen LogP contribution in [-0.2, 0) is 9.59 Å². The number of amides is 1. The third kappa shape index (κ3) is 19.0. The number of likely N-dealkylation sites (N-methyl/N-ethyl adjacent to an activating group) is 1. The van der Waals surface area contributed by atoms with Gasteiger partial charge in [-0.25, -0.2) is 4.79 Å². The molecule has 0 aliphatic rings. The first-order valence-electron chi connectivity index (χ1n) is 9.68. The zero-order chi connectivity index (χ0) is 18.3. The van der Waals surface area contributed by atoms with Crippen molar-refractivity contribution in [2.75, 3.05) is 33.7 Å². The van der Waals surface area contributed by atoms with Crippen molar-refractivity contribution in [1.82, 2.24) is 5.32 Å². The maximum Gasteiger partial charge on any atom is 0.359 e. The van der Waals surface area contributed by atoms with Crippen molar-refractivity contribution in [3.05, 3.63) is 0 Å². The van der Waals surface area contributed by atoms with Gasteiger partial charge < -0.3 is 20.4 Å². The number of unbranched alkanes of at least 4 members (excludes halogenated alkanes) is 8. The predicted molar refractivity (Wildman–Crippen MR) is 101 cm³/mol. The molecule has 0 bridgehead atoms. The third-order valence-electron chi connectivity index (χ3n) is 4.33. The van der Waals surface area contributed by atoms with Crippen molar-refractivity contribution in [1.29, 1.82) is 0 Å². The van der Waals surface area contributed by atoms with Crippen LogP contribution in [0.1, 0.15) is 77.6 Å². The molecule has 0 saturated heterocycles. The number of carbonyl (C=O) groups is 2. The molecule has 3 N–H and O–H groups in total. The first-order chi connectivity index (χ1) is 11.4. The number of rotatable bonds is 16. The van der Waals surface area contributed by atoms with Gasteiger partial charge in [0.1, 0.15) is 0 Å². The molecule has 150 valence electrons. The van der Waals surface area contributed by atoms with E-state index in [2.05, 4.69) is 12.2 Å². The summed E-state index contributed by atoms with van der Waals surface area (Å²) in [5, 5.41) is 11.8. The summed E-state index contributed by atoms with van der Waals surface area (Å²) in [6.45, 7) is 3.81. The fraction of sp³-hybridized carbons (Fsp3) is 0.895. The molecule has 6 nitrogen and oxygen atoms in total. The monoisotopic (exact) mass is 360 g/mol. The summed E-state index contributed by atoms with van der Waals surface area (Å²) in [6.07, 6.45) is 12.8. The number of nitrogens with zero attached hydrogens (tertiary/aromatic N) is 1. The highest BCUT2D eigenvalue weighted by atomic mass is 16.4. The summed E-state index contributed by atoms with van der Waals surface area (Å²) in [4.78, 5) is 22.5. The Balaban J connectivity index is 0. The van der Waals surface area contributed by atoms with Gasteiger partial charge in [-0.1, -0.05) is 58.3 Å². The number of nitrogens with one attached hydrogen (secondary N) is 1. The summed E-state index contributed by atoms with van der Waals surface area (Å²) in [5.74, 6) is -0.709. The summed E-state index contributed by atoms with van der Waals surface area (Å²) < 4.78 is 0.418. The van der Waals surface area contributed by atoms with E-state index in [1.54, 1.807) is 0 Å². The second-order valence-corrected chi connectivity index (χ2v) is 7.49. The smallest absolute Gasteiger partial charge is 0.359 e. The highest BCUT2D eigenvalue weighted by molar-refractivity contribution is 5.75. The van der Waals surface area contributed by atoms with E-state index in [1.165, 1.54) is 51.4 Å². The first-order valence-corrected chi connectivity index (χ1v) is 9.68. The van der Waals surface area contributed by atoms with Gasteiger partial charge in [0.2, 0.25) is 5.91 Å². The fourth-order valence-electron chi connectivity index (χ4n) is 2.86. The zero-order valence-electron chi connectivity index (χ0n) is 16.6. The Morgan fingerprint density at radius 2 is 1.40 bits per heavy atom. The van der Waals surface area contributed by atoms with E-state index in [0.717, 1.165) is 19.4 Å². The van der Waals surface area contributed by atoms with Gasteiger partial charge in [0.15, 0.2) is 6.54 Å². The molecule has 0 aliphatic carbocycles.